The Morgan fingerprint density at radius 3 is 2.73 bits per heavy atom. The van der Waals surface area contributed by atoms with Crippen molar-refractivity contribution in [2.45, 2.75) is 39.8 Å². The summed E-state index contributed by atoms with van der Waals surface area (Å²) in [5.41, 5.74) is 1.73. The molecule has 0 saturated carbocycles. The molecule has 0 aromatic carbocycles. The van der Waals surface area contributed by atoms with Crippen molar-refractivity contribution in [1.29, 1.82) is 0 Å². The second-order valence-electron chi connectivity index (χ2n) is 6.84. The van der Waals surface area contributed by atoms with Crippen molar-refractivity contribution in [2.75, 3.05) is 11.9 Å². The van der Waals surface area contributed by atoms with Gasteiger partial charge in [-0.05, 0) is 24.0 Å². The van der Waals surface area contributed by atoms with E-state index in [1.54, 1.807) is 23.6 Å². The number of carbonyl (C=O) groups is 1. The van der Waals surface area contributed by atoms with Crippen LogP contribution in [0.15, 0.2) is 29.8 Å². The maximum Gasteiger partial charge on any atom is 0.246 e. The van der Waals surface area contributed by atoms with E-state index in [1.807, 2.05) is 6.07 Å². The number of thiophene rings is 1. The number of hydrogen-bond acceptors (Lipinski definition) is 7. The first-order valence-corrected chi connectivity index (χ1v) is 9.41. The van der Waals surface area contributed by atoms with Crippen LogP contribution in [0.4, 0.5) is 5.82 Å². The van der Waals surface area contributed by atoms with E-state index >= 15 is 0 Å². The van der Waals surface area contributed by atoms with Crippen molar-refractivity contribution in [2.24, 2.45) is 11.0 Å². The highest BCUT2D eigenvalue weighted by Crippen LogP contribution is 2.38. The van der Waals surface area contributed by atoms with Crippen LogP contribution in [0.2, 0.25) is 0 Å². The number of anilines is 1. The summed E-state index contributed by atoms with van der Waals surface area (Å²) in [6, 6.07) is 3.64. The number of rotatable bonds is 5. The zero-order valence-electron chi connectivity index (χ0n) is 15.3. The van der Waals surface area contributed by atoms with Crippen LogP contribution in [0.1, 0.15) is 55.2 Å². The Kier molecular flexibility index (Phi) is 5.33. The largest absolute Gasteiger partial charge is 0.368 e. The summed E-state index contributed by atoms with van der Waals surface area (Å²) in [5, 5.41) is 19.5. The predicted molar refractivity (Wildman–Crippen MR) is 102 cm³/mol. The van der Waals surface area contributed by atoms with Crippen molar-refractivity contribution in [1.82, 2.24) is 15.0 Å². The Bertz CT molecular complexity index is 816. The number of carbonyl (C=O) groups excluding carboxylic acids is 1. The molecule has 8 heteroatoms. The average Bonchev–Trinajstić information content (AvgIpc) is 3.04. The second-order valence-corrected chi connectivity index (χ2v) is 7.93. The first kappa shape index (κ1) is 18.5. The van der Waals surface area contributed by atoms with Crippen LogP contribution in [-0.2, 0) is 4.79 Å². The minimum absolute atomic E-state index is 0.0618. The molecule has 0 bridgehead atoms. The smallest absolute Gasteiger partial charge is 0.246 e. The van der Waals surface area contributed by atoms with Crippen LogP contribution in [0.5, 0.6) is 0 Å². The summed E-state index contributed by atoms with van der Waals surface area (Å²) < 4.78 is 0. The van der Waals surface area contributed by atoms with Gasteiger partial charge in [0, 0.05) is 16.6 Å². The van der Waals surface area contributed by atoms with E-state index in [2.05, 4.69) is 48.1 Å². The van der Waals surface area contributed by atoms with E-state index in [0.717, 1.165) is 16.2 Å². The molecule has 0 spiro atoms. The molecule has 2 N–H and O–H groups in total. The van der Waals surface area contributed by atoms with E-state index < -0.39 is 6.23 Å². The number of hydrazone groups is 1. The predicted octanol–water partition coefficient (Wildman–Crippen LogP) is 2.97. The number of aromatic nitrogens is 2. The summed E-state index contributed by atoms with van der Waals surface area (Å²) in [4.78, 5) is 22.4. The topological polar surface area (TPSA) is 90.7 Å². The molecule has 0 fully saturated rings. The van der Waals surface area contributed by atoms with Gasteiger partial charge >= 0.3 is 0 Å². The number of nitrogens with one attached hydrogen (secondary N) is 1. The molecule has 7 nitrogen and oxygen atoms in total. The summed E-state index contributed by atoms with van der Waals surface area (Å²) in [6.45, 7) is 8.32. The van der Waals surface area contributed by atoms with E-state index in [-0.39, 0.29) is 18.4 Å². The first-order valence-electron chi connectivity index (χ1n) is 8.60. The Morgan fingerprint density at radius 1 is 1.35 bits per heavy atom. The SMILES string of the molecule is CC(C)C1=NN(CC(=O)Nc2ccncn2)C(O)c2cc(C(C)C)sc21. The molecule has 2 aromatic rings. The Hall–Kier alpha value is -2.32. The van der Waals surface area contributed by atoms with Crippen LogP contribution < -0.4 is 5.32 Å². The molecule has 26 heavy (non-hydrogen) atoms. The molecular formula is C18H23N5O2S. The molecule has 138 valence electrons. The lowest BCUT2D eigenvalue weighted by molar-refractivity contribution is -0.120. The Balaban J connectivity index is 1.83. The number of fused-ring (bicyclic) bond motifs is 1. The fourth-order valence-corrected chi connectivity index (χ4v) is 4.01. The second kappa shape index (κ2) is 7.51. The molecule has 1 unspecified atom stereocenters. The Labute approximate surface area is 156 Å². The average molecular weight is 373 g/mol. The molecule has 1 atom stereocenters. The Morgan fingerprint density at radius 2 is 2.12 bits per heavy atom. The van der Waals surface area contributed by atoms with Gasteiger partial charge in [-0.25, -0.2) is 9.97 Å². The van der Waals surface area contributed by atoms with Crippen LogP contribution in [0.25, 0.3) is 0 Å². The third kappa shape index (κ3) is 3.76. The third-order valence-corrected chi connectivity index (χ3v) is 5.55. The molecule has 1 aliphatic heterocycles. The molecule has 0 aliphatic carbocycles. The maximum absolute atomic E-state index is 12.3. The molecule has 3 rings (SSSR count). The van der Waals surface area contributed by atoms with Gasteiger partial charge in [-0.3, -0.25) is 9.80 Å². The lowest BCUT2D eigenvalue weighted by Crippen LogP contribution is -2.37. The van der Waals surface area contributed by atoms with Crippen LogP contribution >= 0.6 is 11.3 Å². The quantitative estimate of drug-likeness (QED) is 0.841. The summed E-state index contributed by atoms with van der Waals surface area (Å²) in [7, 11) is 0. The van der Waals surface area contributed by atoms with Crippen LogP contribution in [0, 0.1) is 5.92 Å². The monoisotopic (exact) mass is 373 g/mol. The van der Waals surface area contributed by atoms with Gasteiger partial charge in [-0.1, -0.05) is 27.7 Å². The lowest BCUT2D eigenvalue weighted by Gasteiger charge is -2.31. The number of aliphatic hydroxyl groups excluding tert-OH is 1. The summed E-state index contributed by atoms with van der Waals surface area (Å²) in [5.74, 6) is 0.688. The molecule has 0 radical (unpaired) electrons. The van der Waals surface area contributed by atoms with Gasteiger partial charge in [0.1, 0.15) is 18.7 Å². The van der Waals surface area contributed by atoms with Crippen molar-refractivity contribution >= 4 is 28.8 Å². The minimum atomic E-state index is -0.938. The van der Waals surface area contributed by atoms with Crippen molar-refractivity contribution < 1.29 is 9.90 Å². The zero-order chi connectivity index (χ0) is 18.8. The highest BCUT2D eigenvalue weighted by Gasteiger charge is 2.32. The van der Waals surface area contributed by atoms with Gasteiger partial charge in [0.05, 0.1) is 10.6 Å². The van der Waals surface area contributed by atoms with Gasteiger partial charge in [-0.2, -0.15) is 5.10 Å². The molecule has 3 heterocycles. The van der Waals surface area contributed by atoms with E-state index in [4.69, 9.17) is 0 Å². The zero-order valence-corrected chi connectivity index (χ0v) is 16.1. The summed E-state index contributed by atoms with van der Waals surface area (Å²) in [6.07, 6.45) is 1.98. The molecular weight excluding hydrogens is 350 g/mol. The summed E-state index contributed by atoms with van der Waals surface area (Å²) >= 11 is 1.67. The van der Waals surface area contributed by atoms with E-state index in [0.29, 0.717) is 11.7 Å². The highest BCUT2D eigenvalue weighted by atomic mass is 32.1. The number of nitrogens with zero attached hydrogens (tertiary/aromatic N) is 4. The normalized spacial score (nSPS) is 16.7. The number of hydrogen-bond donors (Lipinski definition) is 2. The maximum atomic E-state index is 12.3. The number of amides is 1. The van der Waals surface area contributed by atoms with E-state index in [1.165, 1.54) is 16.2 Å². The van der Waals surface area contributed by atoms with Gasteiger partial charge in [0.2, 0.25) is 5.91 Å². The fraction of sp³-hybridized carbons (Fsp3) is 0.444. The number of aliphatic hydroxyl groups is 1. The molecule has 1 aliphatic rings. The highest BCUT2D eigenvalue weighted by molar-refractivity contribution is 7.14. The van der Waals surface area contributed by atoms with Gasteiger partial charge < -0.3 is 10.4 Å². The van der Waals surface area contributed by atoms with Gasteiger partial charge in [-0.15, -0.1) is 11.3 Å². The van der Waals surface area contributed by atoms with Gasteiger partial charge in [0.15, 0.2) is 6.23 Å². The third-order valence-electron chi connectivity index (χ3n) is 4.08. The molecule has 0 saturated heterocycles. The van der Waals surface area contributed by atoms with Crippen molar-refractivity contribution in [3.63, 3.8) is 0 Å². The van der Waals surface area contributed by atoms with Crippen molar-refractivity contribution in [3.05, 3.63) is 40.0 Å². The fourth-order valence-electron chi connectivity index (χ4n) is 2.69. The first-order chi connectivity index (χ1) is 12.4. The van der Waals surface area contributed by atoms with Gasteiger partial charge in [0.25, 0.3) is 0 Å². The molecule has 1 amide bonds. The lowest BCUT2D eigenvalue weighted by atomic mass is 10.0. The van der Waals surface area contributed by atoms with Crippen LogP contribution in [0.3, 0.4) is 0 Å². The molecule has 2 aromatic heterocycles. The minimum Gasteiger partial charge on any atom is -0.368 e. The van der Waals surface area contributed by atoms with Crippen molar-refractivity contribution in [3.8, 4) is 0 Å². The van der Waals surface area contributed by atoms with E-state index in [9.17, 15) is 9.90 Å². The van der Waals surface area contributed by atoms with Crippen LogP contribution in [-0.4, -0.2) is 38.2 Å². The standard InChI is InChI=1S/C18H23N5O2S/c1-10(2)13-7-12-17(26-13)16(11(3)4)22-23(18(12)25)8-15(24)21-14-5-6-19-9-20-14/h5-7,9-11,18,25H,8H2,1-4H3,(H,19,20,21,24).